The fraction of sp³-hybridized carbons (Fsp3) is 0. The SMILES string of the molecule is NC(=O)c1ccc(F)c(NC(=O)c2cccc(F)c2Br)c1. The highest BCUT2D eigenvalue weighted by atomic mass is 79.9. The minimum absolute atomic E-state index is 0.00104. The van der Waals surface area contributed by atoms with Crippen molar-refractivity contribution in [2.75, 3.05) is 5.32 Å². The van der Waals surface area contributed by atoms with Crippen molar-refractivity contribution in [3.8, 4) is 0 Å². The van der Waals surface area contributed by atoms with Crippen LogP contribution in [0, 0.1) is 11.6 Å². The molecule has 0 spiro atoms. The quantitative estimate of drug-likeness (QED) is 0.888. The largest absolute Gasteiger partial charge is 0.366 e. The van der Waals surface area contributed by atoms with E-state index < -0.39 is 23.4 Å². The Hall–Kier alpha value is -2.28. The van der Waals surface area contributed by atoms with E-state index in [1.807, 2.05) is 0 Å². The van der Waals surface area contributed by atoms with E-state index in [1.165, 1.54) is 24.3 Å². The topological polar surface area (TPSA) is 72.2 Å². The number of rotatable bonds is 3. The van der Waals surface area contributed by atoms with Crippen molar-refractivity contribution in [1.29, 1.82) is 0 Å². The summed E-state index contributed by atoms with van der Waals surface area (Å²) in [5.41, 5.74) is 4.92. The molecule has 0 fully saturated rings. The number of anilines is 1. The summed E-state index contributed by atoms with van der Waals surface area (Å²) in [6.07, 6.45) is 0. The lowest BCUT2D eigenvalue weighted by Gasteiger charge is -2.09. The van der Waals surface area contributed by atoms with Crippen molar-refractivity contribution in [3.05, 3.63) is 63.6 Å². The molecule has 0 heterocycles. The maximum absolute atomic E-state index is 13.6. The average molecular weight is 355 g/mol. The van der Waals surface area contributed by atoms with Crippen molar-refractivity contribution in [2.45, 2.75) is 0 Å². The Morgan fingerprint density at radius 1 is 1.10 bits per heavy atom. The molecule has 0 aliphatic rings. The Morgan fingerprint density at radius 2 is 1.81 bits per heavy atom. The predicted molar refractivity (Wildman–Crippen MR) is 77.0 cm³/mol. The van der Waals surface area contributed by atoms with Crippen LogP contribution < -0.4 is 11.1 Å². The Kier molecular flexibility index (Phi) is 4.32. The molecule has 2 aromatic rings. The van der Waals surface area contributed by atoms with Gasteiger partial charge in [0.05, 0.1) is 15.7 Å². The average Bonchev–Trinajstić information content (AvgIpc) is 2.43. The van der Waals surface area contributed by atoms with E-state index in [-0.39, 0.29) is 21.3 Å². The summed E-state index contributed by atoms with van der Waals surface area (Å²) >= 11 is 2.95. The zero-order chi connectivity index (χ0) is 15.6. The molecule has 0 radical (unpaired) electrons. The van der Waals surface area contributed by atoms with E-state index in [2.05, 4.69) is 21.2 Å². The Labute approximate surface area is 127 Å². The molecule has 0 unspecified atom stereocenters. The zero-order valence-electron chi connectivity index (χ0n) is 10.5. The van der Waals surface area contributed by atoms with Gasteiger partial charge in [-0.15, -0.1) is 0 Å². The van der Waals surface area contributed by atoms with Gasteiger partial charge in [0.15, 0.2) is 0 Å². The van der Waals surface area contributed by atoms with Gasteiger partial charge in [-0.2, -0.15) is 0 Å². The predicted octanol–water partition coefficient (Wildman–Crippen LogP) is 3.08. The van der Waals surface area contributed by atoms with Crippen LogP contribution in [0.3, 0.4) is 0 Å². The molecule has 0 bridgehead atoms. The molecule has 0 saturated heterocycles. The summed E-state index contributed by atoms with van der Waals surface area (Å²) in [6.45, 7) is 0. The van der Waals surface area contributed by atoms with Crippen LogP contribution >= 0.6 is 15.9 Å². The number of hydrogen-bond donors (Lipinski definition) is 2. The van der Waals surface area contributed by atoms with Gasteiger partial charge in [-0.1, -0.05) is 6.07 Å². The maximum atomic E-state index is 13.6. The zero-order valence-corrected chi connectivity index (χ0v) is 12.1. The maximum Gasteiger partial charge on any atom is 0.256 e. The number of nitrogens with one attached hydrogen (secondary N) is 1. The van der Waals surface area contributed by atoms with Gasteiger partial charge in [0, 0.05) is 5.56 Å². The van der Waals surface area contributed by atoms with Crippen molar-refractivity contribution in [3.63, 3.8) is 0 Å². The van der Waals surface area contributed by atoms with Crippen LogP contribution in [-0.2, 0) is 0 Å². The highest BCUT2D eigenvalue weighted by Crippen LogP contribution is 2.23. The lowest BCUT2D eigenvalue weighted by atomic mass is 10.1. The summed E-state index contributed by atoms with van der Waals surface area (Å²) in [6, 6.07) is 7.23. The minimum Gasteiger partial charge on any atom is -0.366 e. The summed E-state index contributed by atoms with van der Waals surface area (Å²) in [5.74, 6) is -2.82. The molecular formula is C14H9BrF2N2O2. The standard InChI is InChI=1S/C14H9BrF2N2O2/c15-12-8(2-1-3-10(12)17)14(21)19-11-6-7(13(18)20)4-5-9(11)16/h1-6H,(H2,18,20)(H,19,21). The number of primary amides is 1. The van der Waals surface area contributed by atoms with E-state index in [1.54, 1.807) is 0 Å². The van der Waals surface area contributed by atoms with Crippen LogP contribution in [0.25, 0.3) is 0 Å². The number of carbonyl (C=O) groups excluding carboxylic acids is 2. The van der Waals surface area contributed by atoms with Gasteiger partial charge in [-0.05, 0) is 46.3 Å². The third-order valence-electron chi connectivity index (χ3n) is 2.70. The Bertz CT molecular complexity index is 735. The molecule has 0 aliphatic heterocycles. The Balaban J connectivity index is 2.33. The molecule has 3 N–H and O–H groups in total. The van der Waals surface area contributed by atoms with E-state index in [0.717, 1.165) is 12.1 Å². The van der Waals surface area contributed by atoms with E-state index in [9.17, 15) is 18.4 Å². The molecule has 2 amide bonds. The highest BCUT2D eigenvalue weighted by molar-refractivity contribution is 9.10. The second-order valence-electron chi connectivity index (χ2n) is 4.11. The first-order chi connectivity index (χ1) is 9.90. The highest BCUT2D eigenvalue weighted by Gasteiger charge is 2.15. The van der Waals surface area contributed by atoms with Crippen molar-refractivity contribution in [1.82, 2.24) is 0 Å². The summed E-state index contributed by atoms with van der Waals surface area (Å²) in [5, 5.41) is 2.27. The lowest BCUT2D eigenvalue weighted by molar-refractivity contribution is 0.0996. The van der Waals surface area contributed by atoms with Crippen molar-refractivity contribution < 1.29 is 18.4 Å². The molecule has 0 atom stereocenters. The third-order valence-corrected chi connectivity index (χ3v) is 3.50. The molecular weight excluding hydrogens is 346 g/mol. The van der Waals surface area contributed by atoms with Crippen LogP contribution in [0.5, 0.6) is 0 Å². The van der Waals surface area contributed by atoms with Gasteiger partial charge in [0.1, 0.15) is 11.6 Å². The van der Waals surface area contributed by atoms with Crippen LogP contribution in [0.4, 0.5) is 14.5 Å². The summed E-state index contributed by atoms with van der Waals surface area (Å²) < 4.78 is 27.0. The van der Waals surface area contributed by atoms with Crippen LogP contribution in [-0.4, -0.2) is 11.8 Å². The number of amides is 2. The van der Waals surface area contributed by atoms with Crippen molar-refractivity contribution in [2.24, 2.45) is 5.73 Å². The van der Waals surface area contributed by atoms with Crippen LogP contribution in [0.15, 0.2) is 40.9 Å². The molecule has 2 aromatic carbocycles. The number of halogens is 3. The third kappa shape index (κ3) is 3.25. The Morgan fingerprint density at radius 3 is 2.48 bits per heavy atom. The number of carbonyl (C=O) groups is 2. The van der Waals surface area contributed by atoms with Gasteiger partial charge in [0.25, 0.3) is 5.91 Å². The molecule has 0 aliphatic carbocycles. The lowest BCUT2D eigenvalue weighted by Crippen LogP contribution is -2.16. The number of hydrogen-bond acceptors (Lipinski definition) is 2. The molecule has 0 aromatic heterocycles. The van der Waals surface area contributed by atoms with Crippen molar-refractivity contribution >= 4 is 33.4 Å². The first kappa shape index (κ1) is 15.1. The molecule has 21 heavy (non-hydrogen) atoms. The molecule has 2 rings (SSSR count). The van der Waals surface area contributed by atoms with Gasteiger partial charge in [-0.3, -0.25) is 9.59 Å². The summed E-state index contributed by atoms with van der Waals surface area (Å²) in [4.78, 5) is 23.1. The molecule has 0 saturated carbocycles. The monoisotopic (exact) mass is 354 g/mol. The fourth-order valence-corrected chi connectivity index (χ4v) is 2.09. The van der Waals surface area contributed by atoms with Crippen LogP contribution in [0.1, 0.15) is 20.7 Å². The molecule has 4 nitrogen and oxygen atoms in total. The second kappa shape index (κ2) is 6.01. The first-order valence-corrected chi connectivity index (χ1v) is 6.54. The van der Waals surface area contributed by atoms with Crippen LogP contribution in [0.2, 0.25) is 0 Å². The first-order valence-electron chi connectivity index (χ1n) is 5.75. The van der Waals surface area contributed by atoms with Gasteiger partial charge >= 0.3 is 0 Å². The van der Waals surface area contributed by atoms with E-state index in [0.29, 0.717) is 0 Å². The number of benzene rings is 2. The van der Waals surface area contributed by atoms with E-state index in [4.69, 9.17) is 5.73 Å². The normalized spacial score (nSPS) is 10.2. The summed E-state index contributed by atoms with van der Waals surface area (Å²) in [7, 11) is 0. The smallest absolute Gasteiger partial charge is 0.256 e. The van der Waals surface area contributed by atoms with Gasteiger partial charge in [0.2, 0.25) is 5.91 Å². The molecule has 108 valence electrons. The van der Waals surface area contributed by atoms with E-state index >= 15 is 0 Å². The van der Waals surface area contributed by atoms with Gasteiger partial charge < -0.3 is 11.1 Å². The second-order valence-corrected chi connectivity index (χ2v) is 4.91. The fourth-order valence-electron chi connectivity index (χ4n) is 1.64. The molecule has 7 heteroatoms. The minimum atomic E-state index is -0.752. The number of nitrogens with two attached hydrogens (primary N) is 1. The van der Waals surface area contributed by atoms with Gasteiger partial charge in [-0.25, -0.2) is 8.78 Å².